The van der Waals surface area contributed by atoms with Crippen LogP contribution < -0.4 is 5.32 Å². The Hall–Kier alpha value is -0.650. The summed E-state index contributed by atoms with van der Waals surface area (Å²) in [5.74, 6) is 0.463. The minimum absolute atomic E-state index is 0.0515. The van der Waals surface area contributed by atoms with Crippen LogP contribution in [0.3, 0.4) is 0 Å². The first kappa shape index (κ1) is 17.4. The number of nitrogens with one attached hydrogen (secondary N) is 1. The molecule has 1 aliphatic rings. The highest BCUT2D eigenvalue weighted by Crippen LogP contribution is 2.17. The monoisotopic (exact) mass is 286 g/mol. The van der Waals surface area contributed by atoms with Gasteiger partial charge in [0.25, 0.3) is 0 Å². The second-order valence-corrected chi connectivity index (χ2v) is 5.95. The van der Waals surface area contributed by atoms with Gasteiger partial charge in [-0.15, -0.1) is 0 Å². The molecule has 1 heterocycles. The first-order valence-corrected chi connectivity index (χ1v) is 7.80. The first-order valence-electron chi connectivity index (χ1n) is 7.80. The van der Waals surface area contributed by atoms with Crippen LogP contribution in [0.15, 0.2) is 0 Å². The molecule has 2 unspecified atom stereocenters. The van der Waals surface area contributed by atoms with E-state index in [1.54, 1.807) is 0 Å². The maximum absolute atomic E-state index is 12.1. The number of β-amino-alcohol motifs (C(OH)–C–C–N with tert-alkyl or cyclic N) is 1. The van der Waals surface area contributed by atoms with Gasteiger partial charge in [0.2, 0.25) is 5.91 Å². The Balaban J connectivity index is 2.27. The molecule has 2 N–H and O–H groups in total. The fourth-order valence-electron chi connectivity index (χ4n) is 2.57. The molecule has 0 aliphatic carbocycles. The fourth-order valence-corrected chi connectivity index (χ4v) is 2.57. The van der Waals surface area contributed by atoms with Gasteiger partial charge in [-0.2, -0.15) is 0 Å². The number of hydrogen-bond donors (Lipinski definition) is 2. The highest BCUT2D eigenvalue weighted by Gasteiger charge is 2.22. The molecule has 0 aromatic rings. The van der Waals surface area contributed by atoms with Crippen LogP contribution in [0.1, 0.15) is 33.6 Å². The summed E-state index contributed by atoms with van der Waals surface area (Å²) < 4.78 is 5.27. The van der Waals surface area contributed by atoms with E-state index >= 15 is 0 Å². The van der Waals surface area contributed by atoms with Gasteiger partial charge in [-0.3, -0.25) is 9.69 Å². The fraction of sp³-hybridized carbons (Fsp3) is 0.933. The predicted molar refractivity (Wildman–Crippen MR) is 79.5 cm³/mol. The van der Waals surface area contributed by atoms with Crippen LogP contribution in [0.5, 0.6) is 0 Å². The molecule has 5 heteroatoms. The van der Waals surface area contributed by atoms with Crippen LogP contribution in [-0.4, -0.2) is 61.4 Å². The quantitative estimate of drug-likeness (QED) is 0.695. The van der Waals surface area contributed by atoms with Gasteiger partial charge < -0.3 is 15.2 Å². The van der Waals surface area contributed by atoms with Crippen molar-refractivity contribution >= 4 is 5.91 Å². The number of rotatable bonds is 8. The SMILES string of the molecule is CCCC(C(=O)NCC(O)CN1CCOCC1)C(C)C. The van der Waals surface area contributed by atoms with Gasteiger partial charge >= 0.3 is 0 Å². The van der Waals surface area contributed by atoms with Crippen molar-refractivity contribution in [3.8, 4) is 0 Å². The van der Waals surface area contributed by atoms with Crippen LogP contribution in [0.25, 0.3) is 0 Å². The molecule has 1 rings (SSSR count). The highest BCUT2D eigenvalue weighted by molar-refractivity contribution is 5.78. The highest BCUT2D eigenvalue weighted by atomic mass is 16.5. The Bertz CT molecular complexity index is 278. The zero-order chi connectivity index (χ0) is 15.0. The minimum atomic E-state index is -0.508. The second kappa shape index (κ2) is 9.32. The summed E-state index contributed by atoms with van der Waals surface area (Å²) in [6.45, 7) is 10.3. The maximum atomic E-state index is 12.1. The molecule has 0 radical (unpaired) electrons. The largest absolute Gasteiger partial charge is 0.390 e. The number of morpholine rings is 1. The van der Waals surface area contributed by atoms with E-state index in [1.807, 2.05) is 0 Å². The van der Waals surface area contributed by atoms with E-state index in [0.29, 0.717) is 19.0 Å². The lowest BCUT2D eigenvalue weighted by atomic mass is 9.90. The summed E-state index contributed by atoms with van der Waals surface area (Å²) in [6.07, 6.45) is 1.40. The molecule has 118 valence electrons. The maximum Gasteiger partial charge on any atom is 0.223 e. The van der Waals surface area contributed by atoms with E-state index in [0.717, 1.165) is 39.1 Å². The lowest BCUT2D eigenvalue weighted by Crippen LogP contribution is -2.45. The van der Waals surface area contributed by atoms with Gasteiger partial charge in [0.1, 0.15) is 0 Å². The van der Waals surface area contributed by atoms with Gasteiger partial charge in [-0.1, -0.05) is 27.2 Å². The van der Waals surface area contributed by atoms with Crippen molar-refractivity contribution in [2.24, 2.45) is 11.8 Å². The number of carbonyl (C=O) groups is 1. The summed E-state index contributed by atoms with van der Waals surface area (Å²) in [5, 5.41) is 12.9. The van der Waals surface area contributed by atoms with Crippen LogP contribution in [0.2, 0.25) is 0 Å². The molecule has 0 bridgehead atoms. The molecule has 0 spiro atoms. The van der Waals surface area contributed by atoms with E-state index in [4.69, 9.17) is 4.74 Å². The number of ether oxygens (including phenoxy) is 1. The van der Waals surface area contributed by atoms with Gasteiger partial charge in [-0.25, -0.2) is 0 Å². The second-order valence-electron chi connectivity index (χ2n) is 5.95. The lowest BCUT2D eigenvalue weighted by Gasteiger charge is -2.29. The summed E-state index contributed by atoms with van der Waals surface area (Å²) in [5.41, 5.74) is 0. The summed E-state index contributed by atoms with van der Waals surface area (Å²) in [7, 11) is 0. The zero-order valence-electron chi connectivity index (χ0n) is 13.1. The molecule has 1 fully saturated rings. The molecule has 1 saturated heterocycles. The van der Waals surface area contributed by atoms with E-state index in [-0.39, 0.29) is 11.8 Å². The summed E-state index contributed by atoms with van der Waals surface area (Å²) in [4.78, 5) is 14.3. The molecule has 5 nitrogen and oxygen atoms in total. The van der Waals surface area contributed by atoms with Crippen LogP contribution in [-0.2, 0) is 9.53 Å². The van der Waals surface area contributed by atoms with Crippen molar-refractivity contribution in [1.82, 2.24) is 10.2 Å². The number of aliphatic hydroxyl groups is 1. The average Bonchev–Trinajstić information content (AvgIpc) is 2.43. The smallest absolute Gasteiger partial charge is 0.223 e. The number of aliphatic hydroxyl groups excluding tert-OH is 1. The number of nitrogens with zero attached hydrogens (tertiary/aromatic N) is 1. The van der Waals surface area contributed by atoms with Crippen molar-refractivity contribution in [1.29, 1.82) is 0 Å². The molecule has 0 saturated carbocycles. The predicted octanol–water partition coefficient (Wildman–Crippen LogP) is 0.868. The van der Waals surface area contributed by atoms with Gasteiger partial charge in [0.15, 0.2) is 0 Å². The number of carbonyl (C=O) groups excluding carboxylic acids is 1. The van der Waals surface area contributed by atoms with Gasteiger partial charge in [0.05, 0.1) is 19.3 Å². The third-order valence-corrected chi connectivity index (χ3v) is 3.83. The third-order valence-electron chi connectivity index (χ3n) is 3.83. The molecule has 0 aromatic carbocycles. The number of amides is 1. The molecule has 20 heavy (non-hydrogen) atoms. The Morgan fingerprint density at radius 2 is 2.00 bits per heavy atom. The first-order chi connectivity index (χ1) is 9.54. The van der Waals surface area contributed by atoms with E-state index in [1.165, 1.54) is 0 Å². The standard InChI is InChI=1S/C15H30N2O3/c1-4-5-14(12(2)3)15(19)16-10-13(18)11-17-6-8-20-9-7-17/h12-14,18H,4-11H2,1-3H3,(H,16,19). The number of hydrogen-bond acceptors (Lipinski definition) is 4. The van der Waals surface area contributed by atoms with Crippen LogP contribution in [0, 0.1) is 11.8 Å². The topological polar surface area (TPSA) is 61.8 Å². The molecule has 2 atom stereocenters. The normalized spacial score (nSPS) is 19.9. The Morgan fingerprint density at radius 1 is 1.35 bits per heavy atom. The van der Waals surface area contributed by atoms with Crippen LogP contribution in [0.4, 0.5) is 0 Å². The Kier molecular flexibility index (Phi) is 8.11. The average molecular weight is 286 g/mol. The van der Waals surface area contributed by atoms with Crippen molar-refractivity contribution in [2.45, 2.75) is 39.7 Å². The van der Waals surface area contributed by atoms with E-state index in [9.17, 15) is 9.90 Å². The molecular formula is C15H30N2O3. The van der Waals surface area contributed by atoms with Crippen molar-refractivity contribution in [3.05, 3.63) is 0 Å². The lowest BCUT2D eigenvalue weighted by molar-refractivity contribution is -0.127. The molecular weight excluding hydrogens is 256 g/mol. The zero-order valence-corrected chi connectivity index (χ0v) is 13.1. The van der Waals surface area contributed by atoms with E-state index < -0.39 is 6.10 Å². The summed E-state index contributed by atoms with van der Waals surface area (Å²) in [6, 6.07) is 0. The Labute approximate surface area is 122 Å². The Morgan fingerprint density at radius 3 is 2.55 bits per heavy atom. The third kappa shape index (κ3) is 6.20. The molecule has 1 aliphatic heterocycles. The van der Waals surface area contributed by atoms with Crippen LogP contribution >= 0.6 is 0 Å². The molecule has 0 aromatic heterocycles. The van der Waals surface area contributed by atoms with Crippen molar-refractivity contribution in [2.75, 3.05) is 39.4 Å². The van der Waals surface area contributed by atoms with Crippen molar-refractivity contribution in [3.63, 3.8) is 0 Å². The van der Waals surface area contributed by atoms with Gasteiger partial charge in [-0.05, 0) is 12.3 Å². The summed E-state index contributed by atoms with van der Waals surface area (Å²) >= 11 is 0. The minimum Gasteiger partial charge on any atom is -0.390 e. The van der Waals surface area contributed by atoms with Gasteiger partial charge in [0, 0.05) is 32.1 Å². The van der Waals surface area contributed by atoms with Crippen molar-refractivity contribution < 1.29 is 14.6 Å². The molecule has 1 amide bonds. The van der Waals surface area contributed by atoms with E-state index in [2.05, 4.69) is 31.0 Å².